The van der Waals surface area contributed by atoms with Gasteiger partial charge in [-0.05, 0) is 60.4 Å². The van der Waals surface area contributed by atoms with Crippen LogP contribution in [0.15, 0.2) is 41.1 Å². The van der Waals surface area contributed by atoms with E-state index < -0.39 is 0 Å². The summed E-state index contributed by atoms with van der Waals surface area (Å²) in [6.07, 6.45) is 1.02. The molecule has 0 amide bonds. The van der Waals surface area contributed by atoms with Gasteiger partial charge in [-0.15, -0.1) is 0 Å². The molecular formula is C15H18FNS. The molecule has 0 aliphatic carbocycles. The van der Waals surface area contributed by atoms with E-state index in [4.69, 9.17) is 0 Å². The van der Waals surface area contributed by atoms with Crippen LogP contribution in [0.3, 0.4) is 0 Å². The van der Waals surface area contributed by atoms with Crippen LogP contribution >= 0.6 is 11.3 Å². The number of thiophene rings is 1. The van der Waals surface area contributed by atoms with E-state index in [-0.39, 0.29) is 11.9 Å². The summed E-state index contributed by atoms with van der Waals surface area (Å²) in [4.78, 5) is 0. The van der Waals surface area contributed by atoms with Crippen LogP contribution in [0.2, 0.25) is 0 Å². The van der Waals surface area contributed by atoms with Crippen molar-refractivity contribution in [2.45, 2.75) is 32.4 Å². The Morgan fingerprint density at radius 2 is 1.89 bits per heavy atom. The van der Waals surface area contributed by atoms with Crippen molar-refractivity contribution in [1.29, 1.82) is 0 Å². The van der Waals surface area contributed by atoms with Gasteiger partial charge in [-0.2, -0.15) is 11.3 Å². The third kappa shape index (κ3) is 3.65. The summed E-state index contributed by atoms with van der Waals surface area (Å²) in [6.45, 7) is 4.29. The molecule has 1 nitrogen and oxygen atoms in total. The maximum atomic E-state index is 12.8. The molecule has 0 fully saturated rings. The van der Waals surface area contributed by atoms with Gasteiger partial charge in [0.05, 0.1) is 0 Å². The minimum absolute atomic E-state index is 0.183. The molecule has 2 rings (SSSR count). The molecule has 1 aromatic carbocycles. The predicted molar refractivity (Wildman–Crippen MR) is 75.4 cm³/mol. The van der Waals surface area contributed by atoms with E-state index in [1.54, 1.807) is 11.3 Å². The first kappa shape index (κ1) is 13.2. The second-order valence-corrected chi connectivity index (χ2v) is 5.46. The summed E-state index contributed by atoms with van der Waals surface area (Å²) >= 11 is 1.73. The minimum Gasteiger partial charge on any atom is -0.307 e. The zero-order chi connectivity index (χ0) is 13.0. The quantitative estimate of drug-likeness (QED) is 0.853. The second kappa shape index (κ2) is 6.12. The van der Waals surface area contributed by atoms with Gasteiger partial charge in [0.1, 0.15) is 5.82 Å². The van der Waals surface area contributed by atoms with Crippen LogP contribution in [0.5, 0.6) is 0 Å². The second-order valence-electron chi connectivity index (χ2n) is 4.68. The first-order valence-electron chi connectivity index (χ1n) is 6.17. The molecule has 0 aliphatic heterocycles. The van der Waals surface area contributed by atoms with E-state index in [1.807, 2.05) is 12.1 Å². The predicted octanol–water partition coefficient (Wildman–Crippen LogP) is 4.17. The number of rotatable bonds is 5. The summed E-state index contributed by atoms with van der Waals surface area (Å²) < 4.78 is 12.8. The molecule has 2 atom stereocenters. The fourth-order valence-electron chi connectivity index (χ4n) is 2.10. The molecule has 1 aromatic heterocycles. The average Bonchev–Trinajstić information content (AvgIpc) is 2.82. The van der Waals surface area contributed by atoms with Gasteiger partial charge >= 0.3 is 0 Å². The highest BCUT2D eigenvalue weighted by molar-refractivity contribution is 7.07. The zero-order valence-electron chi connectivity index (χ0n) is 10.7. The van der Waals surface area contributed by atoms with Crippen LogP contribution < -0.4 is 5.32 Å². The maximum Gasteiger partial charge on any atom is 0.123 e. The van der Waals surface area contributed by atoms with Crippen molar-refractivity contribution in [3.63, 3.8) is 0 Å². The van der Waals surface area contributed by atoms with Gasteiger partial charge in [0, 0.05) is 12.1 Å². The SMILES string of the molecule is CC(Cc1ccsc1)NC(C)c1ccc(F)cc1. The minimum atomic E-state index is -0.183. The smallest absolute Gasteiger partial charge is 0.123 e. The Balaban J connectivity index is 1.90. The van der Waals surface area contributed by atoms with Crippen molar-refractivity contribution in [2.24, 2.45) is 0 Å². The van der Waals surface area contributed by atoms with Crippen LogP contribution in [0.1, 0.15) is 31.0 Å². The Morgan fingerprint density at radius 1 is 1.17 bits per heavy atom. The monoisotopic (exact) mass is 263 g/mol. The molecule has 1 N–H and O–H groups in total. The first-order valence-corrected chi connectivity index (χ1v) is 7.12. The number of hydrogen-bond acceptors (Lipinski definition) is 2. The highest BCUT2D eigenvalue weighted by Gasteiger charge is 2.10. The molecule has 0 aliphatic rings. The Labute approximate surface area is 112 Å². The summed E-state index contributed by atoms with van der Waals surface area (Å²) in [7, 11) is 0. The lowest BCUT2D eigenvalue weighted by Crippen LogP contribution is -2.30. The number of benzene rings is 1. The van der Waals surface area contributed by atoms with Crippen LogP contribution in [0, 0.1) is 5.82 Å². The van der Waals surface area contributed by atoms with Gasteiger partial charge in [0.25, 0.3) is 0 Å². The third-order valence-corrected chi connectivity index (χ3v) is 3.76. The molecule has 2 unspecified atom stereocenters. The molecule has 3 heteroatoms. The Hall–Kier alpha value is -1.19. The topological polar surface area (TPSA) is 12.0 Å². The molecule has 2 aromatic rings. The van der Waals surface area contributed by atoms with Crippen molar-refractivity contribution in [1.82, 2.24) is 5.32 Å². The van der Waals surface area contributed by atoms with E-state index in [2.05, 4.69) is 36.0 Å². The molecule has 96 valence electrons. The van der Waals surface area contributed by atoms with E-state index in [0.717, 1.165) is 12.0 Å². The van der Waals surface area contributed by atoms with Crippen LogP contribution in [0.25, 0.3) is 0 Å². The molecule has 0 bridgehead atoms. The van der Waals surface area contributed by atoms with Crippen LogP contribution in [-0.4, -0.2) is 6.04 Å². The summed E-state index contributed by atoms with van der Waals surface area (Å²) in [5.41, 5.74) is 2.49. The van der Waals surface area contributed by atoms with Gasteiger partial charge in [-0.3, -0.25) is 0 Å². The van der Waals surface area contributed by atoms with E-state index >= 15 is 0 Å². The average molecular weight is 263 g/mol. The maximum absolute atomic E-state index is 12.8. The van der Waals surface area contributed by atoms with Crippen molar-refractivity contribution in [2.75, 3.05) is 0 Å². The zero-order valence-corrected chi connectivity index (χ0v) is 11.5. The molecule has 0 saturated heterocycles. The highest BCUT2D eigenvalue weighted by Crippen LogP contribution is 2.15. The van der Waals surface area contributed by atoms with Gasteiger partial charge in [-0.1, -0.05) is 12.1 Å². The molecule has 18 heavy (non-hydrogen) atoms. The molecule has 1 heterocycles. The largest absolute Gasteiger partial charge is 0.307 e. The Kier molecular flexibility index (Phi) is 4.50. The van der Waals surface area contributed by atoms with Crippen molar-refractivity contribution in [3.05, 3.63) is 58.0 Å². The Bertz CT molecular complexity index is 464. The highest BCUT2D eigenvalue weighted by atomic mass is 32.1. The molecule has 0 spiro atoms. The van der Waals surface area contributed by atoms with Crippen LogP contribution in [0.4, 0.5) is 4.39 Å². The van der Waals surface area contributed by atoms with Gasteiger partial charge in [-0.25, -0.2) is 4.39 Å². The van der Waals surface area contributed by atoms with Crippen molar-refractivity contribution >= 4 is 11.3 Å². The van der Waals surface area contributed by atoms with Gasteiger partial charge < -0.3 is 5.32 Å². The molecule has 0 radical (unpaired) electrons. The van der Waals surface area contributed by atoms with Crippen molar-refractivity contribution in [3.8, 4) is 0 Å². The van der Waals surface area contributed by atoms with E-state index in [9.17, 15) is 4.39 Å². The van der Waals surface area contributed by atoms with Crippen molar-refractivity contribution < 1.29 is 4.39 Å². The van der Waals surface area contributed by atoms with Gasteiger partial charge in [0.2, 0.25) is 0 Å². The lowest BCUT2D eigenvalue weighted by molar-refractivity contribution is 0.477. The Morgan fingerprint density at radius 3 is 2.50 bits per heavy atom. The standard InChI is InChI=1S/C15H18FNS/c1-11(9-13-7-8-18-10-13)17-12(2)14-3-5-15(16)6-4-14/h3-8,10-12,17H,9H2,1-2H3. The normalized spacial score (nSPS) is 14.4. The third-order valence-electron chi connectivity index (χ3n) is 3.03. The summed E-state index contributed by atoms with van der Waals surface area (Å²) in [5.74, 6) is -0.183. The van der Waals surface area contributed by atoms with E-state index in [1.165, 1.54) is 17.7 Å². The van der Waals surface area contributed by atoms with Gasteiger partial charge in [0.15, 0.2) is 0 Å². The molecular weight excluding hydrogens is 245 g/mol. The first-order chi connectivity index (χ1) is 8.65. The lowest BCUT2D eigenvalue weighted by Gasteiger charge is -2.20. The van der Waals surface area contributed by atoms with Crippen LogP contribution in [-0.2, 0) is 6.42 Å². The fraction of sp³-hybridized carbons (Fsp3) is 0.333. The lowest BCUT2D eigenvalue weighted by atomic mass is 10.1. The summed E-state index contributed by atoms with van der Waals surface area (Å²) in [5, 5.41) is 7.82. The number of halogens is 1. The van der Waals surface area contributed by atoms with E-state index in [0.29, 0.717) is 6.04 Å². The molecule has 0 saturated carbocycles. The fourth-order valence-corrected chi connectivity index (χ4v) is 2.78. The number of hydrogen-bond donors (Lipinski definition) is 1. The summed E-state index contributed by atoms with van der Waals surface area (Å²) in [6, 6.07) is 9.49. The number of nitrogens with one attached hydrogen (secondary N) is 1.